The minimum atomic E-state index is 0.943. The molecule has 2 aromatic heterocycles. The van der Waals surface area contributed by atoms with Crippen LogP contribution in [0, 0.1) is 23.7 Å². The van der Waals surface area contributed by atoms with Gasteiger partial charge in [-0.05, 0) is 42.5 Å². The first-order valence-electron chi connectivity index (χ1n) is 6.84. The fraction of sp³-hybridized carbons (Fsp3) is 0. The molecule has 0 spiro atoms. The zero-order chi connectivity index (χ0) is 15.0. The average Bonchev–Trinajstić information content (AvgIpc) is 2.60. The van der Waals surface area contributed by atoms with E-state index in [0.29, 0.717) is 0 Å². The summed E-state index contributed by atoms with van der Waals surface area (Å²) in [7, 11) is 0. The number of hydrogen-bond acceptors (Lipinski definition) is 2. The molecule has 2 heteroatoms. The van der Waals surface area contributed by atoms with E-state index in [2.05, 4.69) is 33.6 Å². The van der Waals surface area contributed by atoms with Gasteiger partial charge in [-0.3, -0.25) is 9.97 Å². The van der Waals surface area contributed by atoms with Crippen molar-refractivity contribution in [2.75, 3.05) is 0 Å². The summed E-state index contributed by atoms with van der Waals surface area (Å²) in [6.45, 7) is 0. The molecule has 0 atom stereocenters. The summed E-state index contributed by atoms with van der Waals surface area (Å²) in [4.78, 5) is 7.95. The molecule has 3 aromatic rings. The van der Waals surface area contributed by atoms with Crippen LogP contribution in [0.3, 0.4) is 0 Å². The van der Waals surface area contributed by atoms with Gasteiger partial charge in [0, 0.05) is 47.0 Å². The van der Waals surface area contributed by atoms with Gasteiger partial charge < -0.3 is 0 Å². The molecular formula is C20H12N2. The highest BCUT2D eigenvalue weighted by atomic mass is 14.6. The Kier molecular flexibility index (Phi) is 4.26. The van der Waals surface area contributed by atoms with Gasteiger partial charge in [-0.25, -0.2) is 0 Å². The fourth-order valence-corrected chi connectivity index (χ4v) is 1.83. The second-order valence-corrected chi connectivity index (χ2v) is 4.55. The first-order valence-corrected chi connectivity index (χ1v) is 6.84. The number of nitrogens with zero attached hydrogens (tertiary/aromatic N) is 2. The normalized spacial score (nSPS) is 9.09. The van der Waals surface area contributed by atoms with E-state index in [0.717, 1.165) is 22.3 Å². The van der Waals surface area contributed by atoms with Crippen molar-refractivity contribution in [1.82, 2.24) is 9.97 Å². The standard InChI is InChI=1S/C20H12N2/c1-2-19(6-4-17-8-12-21-13-9-17)16-20(3-1)7-5-18-10-14-22-15-11-18/h1-3,8-16H. The first-order chi connectivity index (χ1) is 10.9. The monoisotopic (exact) mass is 280 g/mol. The average molecular weight is 280 g/mol. The predicted molar refractivity (Wildman–Crippen MR) is 86.9 cm³/mol. The van der Waals surface area contributed by atoms with Gasteiger partial charge in [-0.2, -0.15) is 0 Å². The van der Waals surface area contributed by atoms with Crippen LogP contribution in [0.5, 0.6) is 0 Å². The van der Waals surface area contributed by atoms with Crippen LogP contribution in [-0.4, -0.2) is 9.97 Å². The van der Waals surface area contributed by atoms with Gasteiger partial charge in [-0.15, -0.1) is 0 Å². The lowest BCUT2D eigenvalue weighted by Crippen LogP contribution is -1.80. The molecule has 2 nitrogen and oxygen atoms in total. The Hall–Kier alpha value is -3.36. The van der Waals surface area contributed by atoms with Gasteiger partial charge in [0.05, 0.1) is 0 Å². The summed E-state index contributed by atoms with van der Waals surface area (Å²) < 4.78 is 0. The summed E-state index contributed by atoms with van der Waals surface area (Å²) in [5.41, 5.74) is 3.78. The van der Waals surface area contributed by atoms with Crippen LogP contribution in [0.4, 0.5) is 0 Å². The second kappa shape index (κ2) is 6.88. The molecule has 0 aliphatic heterocycles. The van der Waals surface area contributed by atoms with Crippen LogP contribution in [0.15, 0.2) is 73.3 Å². The Morgan fingerprint density at radius 3 is 1.36 bits per heavy atom. The summed E-state index contributed by atoms with van der Waals surface area (Å²) in [6.07, 6.45) is 6.95. The number of benzene rings is 1. The molecule has 0 fully saturated rings. The first kappa shape index (κ1) is 13.6. The van der Waals surface area contributed by atoms with E-state index in [1.807, 2.05) is 48.5 Å². The quantitative estimate of drug-likeness (QED) is 0.591. The summed E-state index contributed by atoms with van der Waals surface area (Å²) in [6, 6.07) is 15.5. The predicted octanol–water partition coefficient (Wildman–Crippen LogP) is 3.28. The zero-order valence-electron chi connectivity index (χ0n) is 11.8. The number of aromatic nitrogens is 2. The molecule has 0 unspecified atom stereocenters. The van der Waals surface area contributed by atoms with Crippen LogP contribution in [-0.2, 0) is 0 Å². The summed E-state index contributed by atoms with van der Waals surface area (Å²) in [5.74, 6) is 12.5. The Balaban J connectivity index is 1.82. The SMILES string of the molecule is C(#Cc1cccc(C#Cc2ccncc2)c1)c1ccncc1. The van der Waals surface area contributed by atoms with Gasteiger partial charge in [0.1, 0.15) is 0 Å². The maximum Gasteiger partial charge on any atom is 0.0280 e. The highest BCUT2D eigenvalue weighted by Crippen LogP contribution is 2.04. The summed E-state index contributed by atoms with van der Waals surface area (Å²) >= 11 is 0. The molecule has 3 rings (SSSR count). The Morgan fingerprint density at radius 2 is 0.909 bits per heavy atom. The van der Waals surface area contributed by atoms with Crippen LogP contribution >= 0.6 is 0 Å². The van der Waals surface area contributed by atoms with Crippen molar-refractivity contribution >= 4 is 0 Å². The fourth-order valence-electron chi connectivity index (χ4n) is 1.83. The van der Waals surface area contributed by atoms with Crippen molar-refractivity contribution in [1.29, 1.82) is 0 Å². The highest BCUT2D eigenvalue weighted by Gasteiger charge is 1.91. The Labute approximate surface area is 129 Å². The second-order valence-electron chi connectivity index (χ2n) is 4.55. The lowest BCUT2D eigenvalue weighted by atomic mass is 10.1. The van der Waals surface area contributed by atoms with Crippen LogP contribution in [0.2, 0.25) is 0 Å². The van der Waals surface area contributed by atoms with Gasteiger partial charge in [0.2, 0.25) is 0 Å². The summed E-state index contributed by atoms with van der Waals surface area (Å²) in [5, 5.41) is 0. The largest absolute Gasteiger partial charge is 0.265 e. The third-order valence-corrected chi connectivity index (χ3v) is 2.93. The molecular weight excluding hydrogens is 268 g/mol. The van der Waals surface area contributed by atoms with Crippen molar-refractivity contribution in [3.63, 3.8) is 0 Å². The van der Waals surface area contributed by atoms with Gasteiger partial charge in [0.15, 0.2) is 0 Å². The topological polar surface area (TPSA) is 25.8 Å². The van der Waals surface area contributed by atoms with Crippen molar-refractivity contribution in [3.8, 4) is 23.7 Å². The van der Waals surface area contributed by atoms with E-state index in [-0.39, 0.29) is 0 Å². The molecule has 0 aliphatic carbocycles. The van der Waals surface area contributed by atoms with Crippen molar-refractivity contribution < 1.29 is 0 Å². The maximum atomic E-state index is 3.98. The molecule has 22 heavy (non-hydrogen) atoms. The lowest BCUT2D eigenvalue weighted by molar-refractivity contribution is 1.32. The third-order valence-electron chi connectivity index (χ3n) is 2.93. The number of rotatable bonds is 0. The lowest BCUT2D eigenvalue weighted by Gasteiger charge is -1.93. The maximum absolute atomic E-state index is 3.98. The Bertz CT molecular complexity index is 804. The van der Waals surface area contributed by atoms with Gasteiger partial charge >= 0.3 is 0 Å². The smallest absolute Gasteiger partial charge is 0.0280 e. The van der Waals surface area contributed by atoms with Gasteiger partial charge in [-0.1, -0.05) is 29.7 Å². The highest BCUT2D eigenvalue weighted by molar-refractivity contribution is 5.48. The minimum absolute atomic E-state index is 0.943. The van der Waals surface area contributed by atoms with E-state index in [1.54, 1.807) is 24.8 Å². The Morgan fingerprint density at radius 1 is 0.500 bits per heavy atom. The molecule has 0 N–H and O–H groups in total. The van der Waals surface area contributed by atoms with E-state index in [9.17, 15) is 0 Å². The molecule has 102 valence electrons. The molecule has 0 saturated heterocycles. The number of hydrogen-bond donors (Lipinski definition) is 0. The third kappa shape index (κ3) is 3.82. The zero-order valence-corrected chi connectivity index (χ0v) is 11.8. The molecule has 0 saturated carbocycles. The van der Waals surface area contributed by atoms with Crippen LogP contribution in [0.25, 0.3) is 0 Å². The van der Waals surface area contributed by atoms with E-state index in [1.165, 1.54) is 0 Å². The van der Waals surface area contributed by atoms with E-state index in [4.69, 9.17) is 0 Å². The van der Waals surface area contributed by atoms with E-state index < -0.39 is 0 Å². The molecule has 0 aliphatic rings. The van der Waals surface area contributed by atoms with E-state index >= 15 is 0 Å². The minimum Gasteiger partial charge on any atom is -0.265 e. The van der Waals surface area contributed by atoms with Crippen LogP contribution in [0.1, 0.15) is 22.3 Å². The van der Waals surface area contributed by atoms with Crippen molar-refractivity contribution in [3.05, 3.63) is 95.6 Å². The molecule has 1 aromatic carbocycles. The molecule has 0 radical (unpaired) electrons. The molecule has 0 bridgehead atoms. The van der Waals surface area contributed by atoms with Crippen molar-refractivity contribution in [2.45, 2.75) is 0 Å². The van der Waals surface area contributed by atoms with Crippen LogP contribution < -0.4 is 0 Å². The molecule has 2 heterocycles. The van der Waals surface area contributed by atoms with Crippen molar-refractivity contribution in [2.24, 2.45) is 0 Å². The molecule has 0 amide bonds. The number of pyridine rings is 2. The van der Waals surface area contributed by atoms with Gasteiger partial charge in [0.25, 0.3) is 0 Å².